The highest BCUT2D eigenvalue weighted by molar-refractivity contribution is 6.33. The van der Waals surface area contributed by atoms with Crippen molar-refractivity contribution in [3.63, 3.8) is 0 Å². The number of nitrogen functional groups attached to an aromatic ring is 1. The number of benzene rings is 1. The van der Waals surface area contributed by atoms with E-state index >= 15 is 0 Å². The first-order chi connectivity index (χ1) is 10.1. The van der Waals surface area contributed by atoms with Gasteiger partial charge >= 0.3 is 0 Å². The lowest BCUT2D eigenvalue weighted by molar-refractivity contribution is 0.114. The van der Waals surface area contributed by atoms with E-state index in [0.29, 0.717) is 35.6 Å². The summed E-state index contributed by atoms with van der Waals surface area (Å²) in [4.78, 5) is 0. The largest absolute Gasteiger partial charge is 0.398 e. The predicted octanol–water partition coefficient (Wildman–Crippen LogP) is 2.64. The quantitative estimate of drug-likeness (QED) is 0.628. The minimum Gasteiger partial charge on any atom is -0.398 e. The topological polar surface area (TPSA) is 78.8 Å². The highest BCUT2D eigenvalue weighted by Crippen LogP contribution is 2.25. The number of anilines is 1. The minimum atomic E-state index is 0.496. The summed E-state index contributed by atoms with van der Waals surface area (Å²) < 4.78 is 7.29. The van der Waals surface area contributed by atoms with Crippen molar-refractivity contribution in [3.05, 3.63) is 23.2 Å². The molecule has 6 nitrogen and oxygen atoms in total. The lowest BCUT2D eigenvalue weighted by Gasteiger charge is -2.08. The van der Waals surface area contributed by atoms with Crippen LogP contribution in [0.25, 0.3) is 11.4 Å². The van der Waals surface area contributed by atoms with Crippen molar-refractivity contribution in [2.45, 2.75) is 26.8 Å². The molecule has 2 aromatic rings. The van der Waals surface area contributed by atoms with E-state index in [-0.39, 0.29) is 0 Å². The number of ether oxygens (including phenoxy) is 1. The Morgan fingerprint density at radius 2 is 2.14 bits per heavy atom. The molecule has 0 radical (unpaired) electrons. The standard InChI is InChI=1S/C14H20ClN5O/c1-10(2)5-7-21-8-6-20-14(17-18-19-20)11-3-4-13(16)12(15)9-11/h3-4,9-10H,5-8,16H2,1-2H3. The van der Waals surface area contributed by atoms with Crippen molar-refractivity contribution >= 4 is 17.3 Å². The van der Waals surface area contributed by atoms with E-state index in [0.717, 1.165) is 18.6 Å². The summed E-state index contributed by atoms with van der Waals surface area (Å²) in [6.45, 7) is 6.28. The average Bonchev–Trinajstić information content (AvgIpc) is 2.89. The van der Waals surface area contributed by atoms with Crippen molar-refractivity contribution in [1.29, 1.82) is 0 Å². The number of nitrogens with zero attached hydrogens (tertiary/aromatic N) is 4. The molecule has 21 heavy (non-hydrogen) atoms. The van der Waals surface area contributed by atoms with Crippen LogP contribution in [0.3, 0.4) is 0 Å². The Labute approximate surface area is 129 Å². The fourth-order valence-corrected chi connectivity index (χ4v) is 1.98. The summed E-state index contributed by atoms with van der Waals surface area (Å²) in [7, 11) is 0. The molecule has 0 aliphatic heterocycles. The first-order valence-electron chi connectivity index (χ1n) is 6.97. The number of halogens is 1. The lowest BCUT2D eigenvalue weighted by atomic mass is 10.1. The van der Waals surface area contributed by atoms with Gasteiger partial charge in [0.2, 0.25) is 0 Å². The summed E-state index contributed by atoms with van der Waals surface area (Å²) in [5.74, 6) is 1.30. The summed E-state index contributed by atoms with van der Waals surface area (Å²) >= 11 is 6.03. The van der Waals surface area contributed by atoms with E-state index in [9.17, 15) is 0 Å². The molecule has 0 amide bonds. The molecule has 114 valence electrons. The molecule has 2 N–H and O–H groups in total. The number of aromatic nitrogens is 4. The van der Waals surface area contributed by atoms with Gasteiger partial charge in [0.15, 0.2) is 5.82 Å². The monoisotopic (exact) mass is 309 g/mol. The normalized spacial score (nSPS) is 11.2. The molecule has 0 unspecified atom stereocenters. The van der Waals surface area contributed by atoms with Crippen LogP contribution >= 0.6 is 11.6 Å². The van der Waals surface area contributed by atoms with Crippen molar-refractivity contribution in [3.8, 4) is 11.4 Å². The van der Waals surface area contributed by atoms with Gasteiger partial charge in [0, 0.05) is 12.2 Å². The Hall–Kier alpha value is -1.66. The van der Waals surface area contributed by atoms with Gasteiger partial charge in [0.05, 0.1) is 23.9 Å². The molecule has 1 aromatic heterocycles. The number of rotatable bonds is 7. The first kappa shape index (κ1) is 15.7. The number of nitrogens with two attached hydrogens (primary N) is 1. The number of hydrogen-bond donors (Lipinski definition) is 1. The van der Waals surface area contributed by atoms with Crippen LogP contribution in [0, 0.1) is 5.92 Å². The highest BCUT2D eigenvalue weighted by atomic mass is 35.5. The summed E-state index contributed by atoms with van der Waals surface area (Å²) in [6.07, 6.45) is 1.05. The molecular formula is C14H20ClN5O. The zero-order valence-corrected chi connectivity index (χ0v) is 13.0. The van der Waals surface area contributed by atoms with E-state index in [1.165, 1.54) is 0 Å². The molecule has 0 aliphatic carbocycles. The van der Waals surface area contributed by atoms with Crippen molar-refractivity contribution in [2.24, 2.45) is 5.92 Å². The molecule has 0 saturated carbocycles. The molecule has 7 heteroatoms. The molecule has 2 rings (SSSR count). The van der Waals surface area contributed by atoms with Gasteiger partial charge in [-0.2, -0.15) is 0 Å². The Kier molecular flexibility index (Phi) is 5.52. The van der Waals surface area contributed by atoms with Gasteiger partial charge in [0.1, 0.15) is 0 Å². The molecule has 1 aromatic carbocycles. The minimum absolute atomic E-state index is 0.496. The molecule has 0 aliphatic rings. The van der Waals surface area contributed by atoms with Gasteiger partial charge in [-0.05, 0) is 41.0 Å². The van der Waals surface area contributed by atoms with Crippen molar-refractivity contribution < 1.29 is 4.74 Å². The van der Waals surface area contributed by atoms with E-state index < -0.39 is 0 Å². The zero-order valence-electron chi connectivity index (χ0n) is 12.3. The summed E-state index contributed by atoms with van der Waals surface area (Å²) in [5, 5.41) is 12.2. The predicted molar refractivity (Wildman–Crippen MR) is 82.9 cm³/mol. The molecular weight excluding hydrogens is 290 g/mol. The molecule has 0 spiro atoms. The van der Waals surface area contributed by atoms with Crippen LogP contribution in [0.5, 0.6) is 0 Å². The van der Waals surface area contributed by atoms with Gasteiger partial charge in [-0.3, -0.25) is 0 Å². The van der Waals surface area contributed by atoms with Crippen LogP contribution in [0.15, 0.2) is 18.2 Å². The van der Waals surface area contributed by atoms with E-state index in [1.54, 1.807) is 16.8 Å². The Bertz CT molecular complexity index is 584. The van der Waals surface area contributed by atoms with Crippen LogP contribution in [-0.4, -0.2) is 33.4 Å². The Balaban J connectivity index is 1.96. The van der Waals surface area contributed by atoms with E-state index in [1.807, 2.05) is 6.07 Å². The van der Waals surface area contributed by atoms with Crippen LogP contribution in [0.2, 0.25) is 5.02 Å². The summed E-state index contributed by atoms with van der Waals surface area (Å²) in [5.41, 5.74) is 7.08. The van der Waals surface area contributed by atoms with Crippen LogP contribution in [-0.2, 0) is 11.3 Å². The maximum absolute atomic E-state index is 6.03. The Morgan fingerprint density at radius 3 is 2.86 bits per heavy atom. The van der Waals surface area contributed by atoms with Crippen LogP contribution in [0.4, 0.5) is 5.69 Å². The molecule has 0 atom stereocenters. The fourth-order valence-electron chi connectivity index (χ4n) is 1.80. The third-order valence-electron chi connectivity index (χ3n) is 3.08. The van der Waals surface area contributed by atoms with E-state index in [2.05, 4.69) is 29.4 Å². The molecule has 0 fully saturated rings. The average molecular weight is 310 g/mol. The molecule has 0 saturated heterocycles. The fraction of sp³-hybridized carbons (Fsp3) is 0.500. The SMILES string of the molecule is CC(C)CCOCCn1nnnc1-c1ccc(N)c(Cl)c1. The van der Waals surface area contributed by atoms with Gasteiger partial charge < -0.3 is 10.5 Å². The maximum Gasteiger partial charge on any atom is 0.182 e. The molecule has 0 bridgehead atoms. The van der Waals surface area contributed by atoms with Gasteiger partial charge in [0.25, 0.3) is 0 Å². The van der Waals surface area contributed by atoms with Crippen molar-refractivity contribution in [1.82, 2.24) is 20.2 Å². The number of tetrazole rings is 1. The Morgan fingerprint density at radius 1 is 1.33 bits per heavy atom. The van der Waals surface area contributed by atoms with Gasteiger partial charge in [-0.15, -0.1) is 5.10 Å². The second kappa shape index (κ2) is 7.38. The van der Waals surface area contributed by atoms with Crippen molar-refractivity contribution in [2.75, 3.05) is 18.9 Å². The maximum atomic E-state index is 6.03. The van der Waals surface area contributed by atoms with Crippen LogP contribution in [0.1, 0.15) is 20.3 Å². The third-order valence-corrected chi connectivity index (χ3v) is 3.40. The number of hydrogen-bond acceptors (Lipinski definition) is 5. The first-order valence-corrected chi connectivity index (χ1v) is 7.35. The summed E-state index contributed by atoms with van der Waals surface area (Å²) in [6, 6.07) is 5.36. The second-order valence-electron chi connectivity index (χ2n) is 5.26. The molecule has 1 heterocycles. The van der Waals surface area contributed by atoms with Gasteiger partial charge in [-0.1, -0.05) is 25.4 Å². The second-order valence-corrected chi connectivity index (χ2v) is 5.66. The zero-order chi connectivity index (χ0) is 15.2. The third kappa shape index (κ3) is 4.41. The van der Waals surface area contributed by atoms with Crippen LogP contribution < -0.4 is 5.73 Å². The van der Waals surface area contributed by atoms with E-state index in [4.69, 9.17) is 22.1 Å². The van der Waals surface area contributed by atoms with Gasteiger partial charge in [-0.25, -0.2) is 4.68 Å². The highest BCUT2D eigenvalue weighted by Gasteiger charge is 2.10. The lowest BCUT2D eigenvalue weighted by Crippen LogP contribution is -2.10. The smallest absolute Gasteiger partial charge is 0.182 e.